The normalized spacial score (nSPS) is 14.9. The van der Waals surface area contributed by atoms with E-state index < -0.39 is 15.9 Å². The Hall–Kier alpha value is -3.29. The quantitative estimate of drug-likeness (QED) is 0.240. The number of aromatic nitrogens is 2. The molecule has 2 aliphatic rings. The van der Waals surface area contributed by atoms with Crippen molar-refractivity contribution in [2.24, 2.45) is 0 Å². The average Bonchev–Trinajstić information content (AvgIpc) is 3.43. The van der Waals surface area contributed by atoms with Gasteiger partial charge in [0.25, 0.3) is 0 Å². The Morgan fingerprint density at radius 2 is 1.84 bits per heavy atom. The molecule has 11 nitrogen and oxygen atoms in total. The highest BCUT2D eigenvalue weighted by Gasteiger charge is 2.35. The summed E-state index contributed by atoms with van der Waals surface area (Å²) in [6.07, 6.45) is 1.21. The summed E-state index contributed by atoms with van der Waals surface area (Å²) in [5, 5.41) is 15.1. The van der Waals surface area contributed by atoms with Crippen LogP contribution in [0.1, 0.15) is 21.5 Å². The van der Waals surface area contributed by atoms with Gasteiger partial charge in [0.1, 0.15) is 15.5 Å². The van der Waals surface area contributed by atoms with E-state index >= 15 is 0 Å². The highest BCUT2D eigenvalue weighted by Crippen LogP contribution is 2.42. The number of morpholine rings is 1. The standard InChI is InChI=1S/C25H28N6O5S.ClH/c1-37(34,35)14-9-26-15-16-5-7-17(8-6-16)22-21-23(29-28-22)18-3-2-4-19(20(18)24(21)32)27-25(33)30-31-10-12-36-13-11-31;/h2-8,26H,9-15H2,1H3,(H,28,29)(H2,27,30,33);1H. The number of halogens is 1. The molecule has 13 heteroatoms. The summed E-state index contributed by atoms with van der Waals surface area (Å²) in [6, 6.07) is 12.5. The van der Waals surface area contributed by atoms with Crippen molar-refractivity contribution >= 4 is 39.7 Å². The number of carbonyl (C=O) groups excluding carboxylic acids is 2. The Balaban J connectivity index is 0.00000336. The van der Waals surface area contributed by atoms with Crippen molar-refractivity contribution in [3.63, 3.8) is 0 Å². The predicted octanol–water partition coefficient (Wildman–Crippen LogP) is 2.21. The molecule has 0 spiro atoms. The van der Waals surface area contributed by atoms with E-state index in [0.29, 0.717) is 73.2 Å². The Bertz CT molecular complexity index is 1430. The average molecular weight is 561 g/mol. The Morgan fingerprint density at radius 3 is 2.55 bits per heavy atom. The van der Waals surface area contributed by atoms with Crippen LogP contribution in [0.2, 0.25) is 0 Å². The van der Waals surface area contributed by atoms with Crippen LogP contribution in [0.4, 0.5) is 10.5 Å². The molecule has 1 aliphatic carbocycles. The first-order valence-corrected chi connectivity index (χ1v) is 14.0. The number of nitrogens with one attached hydrogen (secondary N) is 4. The van der Waals surface area contributed by atoms with Crippen molar-refractivity contribution in [3.05, 3.63) is 59.2 Å². The molecule has 0 atom stereocenters. The molecule has 2 amide bonds. The fourth-order valence-corrected chi connectivity index (χ4v) is 4.96. The van der Waals surface area contributed by atoms with Crippen LogP contribution in [0.5, 0.6) is 0 Å². The van der Waals surface area contributed by atoms with Gasteiger partial charge < -0.3 is 15.4 Å². The molecule has 0 radical (unpaired) electrons. The van der Waals surface area contributed by atoms with Gasteiger partial charge in [0.15, 0.2) is 5.78 Å². The second kappa shape index (κ2) is 11.6. The lowest BCUT2D eigenvalue weighted by atomic mass is 10.0. The van der Waals surface area contributed by atoms with Gasteiger partial charge in [0.05, 0.1) is 41.5 Å². The van der Waals surface area contributed by atoms with Crippen molar-refractivity contribution in [1.29, 1.82) is 0 Å². The number of aromatic amines is 1. The molecular formula is C25H29ClN6O5S. The second-order valence-corrected chi connectivity index (χ2v) is 11.3. The summed E-state index contributed by atoms with van der Waals surface area (Å²) in [7, 11) is -3.00. The molecule has 1 fully saturated rings. The van der Waals surface area contributed by atoms with Crippen LogP contribution >= 0.6 is 12.4 Å². The van der Waals surface area contributed by atoms with E-state index in [-0.39, 0.29) is 23.9 Å². The third-order valence-electron chi connectivity index (χ3n) is 6.28. The number of anilines is 1. The van der Waals surface area contributed by atoms with E-state index in [1.165, 1.54) is 6.26 Å². The van der Waals surface area contributed by atoms with Gasteiger partial charge in [-0.15, -0.1) is 12.4 Å². The molecule has 2 heterocycles. The number of sulfone groups is 1. The summed E-state index contributed by atoms with van der Waals surface area (Å²) in [4.78, 5) is 26.1. The van der Waals surface area contributed by atoms with Crippen LogP contribution < -0.4 is 16.1 Å². The highest BCUT2D eigenvalue weighted by atomic mass is 35.5. The minimum Gasteiger partial charge on any atom is -0.379 e. The number of ketones is 1. The maximum absolute atomic E-state index is 13.5. The molecule has 202 valence electrons. The first-order valence-electron chi connectivity index (χ1n) is 11.9. The lowest BCUT2D eigenvalue weighted by molar-refractivity contribution is 0.0207. The number of ether oxygens (including phenoxy) is 1. The number of nitrogens with zero attached hydrogens (tertiary/aromatic N) is 2. The van der Waals surface area contributed by atoms with E-state index in [2.05, 4.69) is 26.3 Å². The first-order chi connectivity index (χ1) is 17.8. The zero-order valence-corrected chi connectivity index (χ0v) is 22.4. The molecule has 3 aromatic rings. The van der Waals surface area contributed by atoms with Crippen LogP contribution in [0, 0.1) is 0 Å². The van der Waals surface area contributed by atoms with E-state index in [1.54, 1.807) is 17.1 Å². The van der Waals surface area contributed by atoms with E-state index in [9.17, 15) is 18.0 Å². The van der Waals surface area contributed by atoms with Gasteiger partial charge >= 0.3 is 6.03 Å². The number of hydrazine groups is 1. The number of carbonyl (C=O) groups is 2. The fraction of sp³-hybridized carbons (Fsp3) is 0.320. The second-order valence-electron chi connectivity index (χ2n) is 9.05. The van der Waals surface area contributed by atoms with Crippen molar-refractivity contribution in [2.75, 3.05) is 50.2 Å². The number of hydrogen-bond acceptors (Lipinski definition) is 8. The summed E-state index contributed by atoms with van der Waals surface area (Å²) in [5.74, 6) is -0.124. The summed E-state index contributed by atoms with van der Waals surface area (Å²) < 4.78 is 27.8. The van der Waals surface area contributed by atoms with Gasteiger partial charge in [-0.2, -0.15) is 5.10 Å². The van der Waals surface area contributed by atoms with Crippen LogP contribution in [-0.2, 0) is 21.1 Å². The minimum absolute atomic E-state index is 0. The number of amides is 2. The summed E-state index contributed by atoms with van der Waals surface area (Å²) >= 11 is 0. The number of benzene rings is 2. The largest absolute Gasteiger partial charge is 0.379 e. The van der Waals surface area contributed by atoms with Gasteiger partial charge in [-0.25, -0.2) is 18.2 Å². The Labute approximate surface area is 226 Å². The highest BCUT2D eigenvalue weighted by molar-refractivity contribution is 7.90. The smallest absolute Gasteiger partial charge is 0.333 e. The van der Waals surface area contributed by atoms with E-state index in [1.807, 2.05) is 30.3 Å². The van der Waals surface area contributed by atoms with Crippen molar-refractivity contribution in [1.82, 2.24) is 25.9 Å². The number of H-pyrrole nitrogens is 1. The van der Waals surface area contributed by atoms with Gasteiger partial charge in [-0.1, -0.05) is 36.4 Å². The molecule has 4 N–H and O–H groups in total. The molecule has 38 heavy (non-hydrogen) atoms. The number of urea groups is 1. The van der Waals surface area contributed by atoms with Gasteiger partial charge in [0, 0.05) is 43.6 Å². The molecule has 1 saturated heterocycles. The molecule has 0 unspecified atom stereocenters. The van der Waals surface area contributed by atoms with Crippen molar-refractivity contribution in [3.8, 4) is 22.5 Å². The van der Waals surface area contributed by atoms with Crippen LogP contribution in [0.15, 0.2) is 42.5 Å². The molecule has 2 aromatic carbocycles. The third kappa shape index (κ3) is 6.05. The lowest BCUT2D eigenvalue weighted by Crippen LogP contribution is -2.49. The van der Waals surface area contributed by atoms with Gasteiger partial charge in [-0.05, 0) is 11.6 Å². The number of hydrogen-bond donors (Lipinski definition) is 4. The van der Waals surface area contributed by atoms with Gasteiger partial charge in [0.2, 0.25) is 0 Å². The van der Waals surface area contributed by atoms with Crippen LogP contribution in [0.25, 0.3) is 22.5 Å². The Kier molecular flexibility index (Phi) is 8.48. The van der Waals surface area contributed by atoms with E-state index in [0.717, 1.165) is 11.1 Å². The number of fused-ring (bicyclic) bond motifs is 3. The zero-order chi connectivity index (χ0) is 26.0. The first kappa shape index (κ1) is 27.7. The topological polar surface area (TPSA) is 146 Å². The molecule has 0 saturated carbocycles. The molecule has 0 bridgehead atoms. The lowest BCUT2D eigenvalue weighted by Gasteiger charge is -2.27. The third-order valence-corrected chi connectivity index (χ3v) is 7.23. The maximum Gasteiger partial charge on any atom is 0.333 e. The monoisotopic (exact) mass is 560 g/mol. The molecule has 1 aromatic heterocycles. The summed E-state index contributed by atoms with van der Waals surface area (Å²) in [5.41, 5.74) is 7.73. The predicted molar refractivity (Wildman–Crippen MR) is 146 cm³/mol. The van der Waals surface area contributed by atoms with Crippen LogP contribution in [0.3, 0.4) is 0 Å². The van der Waals surface area contributed by atoms with Crippen molar-refractivity contribution < 1.29 is 22.7 Å². The van der Waals surface area contributed by atoms with Crippen molar-refractivity contribution in [2.45, 2.75) is 6.54 Å². The minimum atomic E-state index is -3.00. The molecule has 1 aliphatic heterocycles. The van der Waals surface area contributed by atoms with E-state index in [4.69, 9.17) is 4.74 Å². The van der Waals surface area contributed by atoms with Crippen LogP contribution in [-0.4, -0.2) is 80.3 Å². The number of rotatable bonds is 8. The summed E-state index contributed by atoms with van der Waals surface area (Å²) in [6.45, 7) is 3.18. The molecule has 5 rings (SSSR count). The Morgan fingerprint density at radius 1 is 1.11 bits per heavy atom. The van der Waals surface area contributed by atoms with Gasteiger partial charge in [-0.3, -0.25) is 15.3 Å². The SMILES string of the molecule is CS(=O)(=O)CCNCc1ccc(-c2n[nH]c3c2C(=O)c2c(NC(=O)NN4CCOCC4)cccc2-3)cc1.Cl. The fourth-order valence-electron chi connectivity index (χ4n) is 4.44. The maximum atomic E-state index is 13.5. The zero-order valence-electron chi connectivity index (χ0n) is 20.7. The molecular weight excluding hydrogens is 532 g/mol.